The Kier molecular flexibility index (Phi) is 14.5. The molecule has 0 aromatic rings. The third-order valence-electron chi connectivity index (χ3n) is 1.61. The van der Waals surface area contributed by atoms with Gasteiger partial charge in [-0.3, -0.25) is 0 Å². The van der Waals surface area contributed by atoms with Crippen LogP contribution in [0.5, 0.6) is 0 Å². The zero-order valence-corrected chi connectivity index (χ0v) is 9.73. The molecular weight excluding hydrogens is 214 g/mol. The van der Waals surface area contributed by atoms with Crippen LogP contribution in [0.2, 0.25) is 0 Å². The zero-order valence-electron chi connectivity index (χ0n) is 9.73. The van der Waals surface area contributed by atoms with Crippen molar-refractivity contribution in [2.24, 2.45) is 5.73 Å². The molecule has 0 bridgehead atoms. The second-order valence-electron chi connectivity index (χ2n) is 2.96. The highest BCUT2D eigenvalue weighted by molar-refractivity contribution is 4.35. The van der Waals surface area contributed by atoms with E-state index >= 15 is 0 Å². The van der Waals surface area contributed by atoms with Gasteiger partial charge in [0.05, 0.1) is 59.5 Å². The highest BCUT2D eigenvalue weighted by Gasteiger charge is 1.91. The highest BCUT2D eigenvalue weighted by Crippen LogP contribution is 1.82. The van der Waals surface area contributed by atoms with Crippen molar-refractivity contribution in [2.45, 2.75) is 0 Å². The fourth-order valence-corrected chi connectivity index (χ4v) is 0.910. The predicted molar refractivity (Wildman–Crippen MR) is 61.5 cm³/mol. The van der Waals surface area contributed by atoms with Crippen molar-refractivity contribution in [3.05, 3.63) is 0 Å². The zero-order chi connectivity index (χ0) is 11.9. The second-order valence-corrected chi connectivity index (χ2v) is 2.96. The van der Waals surface area contributed by atoms with Crippen LogP contribution in [-0.4, -0.2) is 71.1 Å². The number of hydrogen-bond donors (Lipinski definition) is 2. The van der Waals surface area contributed by atoms with Crippen molar-refractivity contribution in [2.75, 3.05) is 66.0 Å². The molecule has 0 unspecified atom stereocenters. The van der Waals surface area contributed by atoms with E-state index in [1.807, 2.05) is 0 Å². The largest absolute Gasteiger partial charge is 0.394 e. The van der Waals surface area contributed by atoms with Crippen LogP contribution in [0.4, 0.5) is 0 Å². The van der Waals surface area contributed by atoms with Gasteiger partial charge in [-0.2, -0.15) is 0 Å². The van der Waals surface area contributed by atoms with Crippen molar-refractivity contribution in [3.8, 4) is 0 Å². The van der Waals surface area contributed by atoms with Gasteiger partial charge in [0.15, 0.2) is 0 Å². The van der Waals surface area contributed by atoms with Crippen LogP contribution < -0.4 is 5.73 Å². The summed E-state index contributed by atoms with van der Waals surface area (Å²) in [6.45, 7) is 4.75. The van der Waals surface area contributed by atoms with Crippen LogP contribution >= 0.6 is 0 Å². The Balaban J connectivity index is 0. The van der Waals surface area contributed by atoms with E-state index in [1.165, 1.54) is 0 Å². The quantitative estimate of drug-likeness (QED) is 0.411. The molecule has 16 heavy (non-hydrogen) atoms. The molecule has 0 atom stereocenters. The molecule has 0 aliphatic carbocycles. The minimum Gasteiger partial charge on any atom is -0.394 e. The van der Waals surface area contributed by atoms with Crippen LogP contribution in [0.25, 0.3) is 0 Å². The van der Waals surface area contributed by atoms with Crippen molar-refractivity contribution < 1.29 is 25.5 Å². The summed E-state index contributed by atoms with van der Waals surface area (Å²) < 4.78 is 20.6. The number of ether oxygens (including phenoxy) is 4. The maximum absolute atomic E-state index is 8.42. The fraction of sp³-hybridized carbons (Fsp3) is 1.00. The number of rotatable bonds is 13. The summed E-state index contributed by atoms with van der Waals surface area (Å²) in [5, 5.41) is 8.42. The van der Waals surface area contributed by atoms with E-state index in [4.69, 9.17) is 29.8 Å². The van der Waals surface area contributed by atoms with Crippen LogP contribution in [0, 0.1) is 0 Å². The molecule has 0 radical (unpaired) electrons. The van der Waals surface area contributed by atoms with E-state index in [1.54, 1.807) is 0 Å². The third kappa shape index (κ3) is 13.8. The van der Waals surface area contributed by atoms with Gasteiger partial charge >= 0.3 is 0 Å². The van der Waals surface area contributed by atoms with Gasteiger partial charge < -0.3 is 29.8 Å². The van der Waals surface area contributed by atoms with Crippen LogP contribution in [-0.2, 0) is 18.9 Å². The highest BCUT2D eigenvalue weighted by atomic mass is 16.6. The summed E-state index contributed by atoms with van der Waals surface area (Å²) >= 11 is 0. The van der Waals surface area contributed by atoms with Gasteiger partial charge in [0.25, 0.3) is 0 Å². The summed E-state index contributed by atoms with van der Waals surface area (Å²) in [6.07, 6.45) is 0. The molecule has 0 aliphatic heterocycles. The molecule has 0 amide bonds. The van der Waals surface area contributed by atoms with Gasteiger partial charge in [-0.25, -0.2) is 0 Å². The molecule has 0 saturated carbocycles. The molecule has 6 heteroatoms. The average Bonchev–Trinajstić information content (AvgIpc) is 2.31. The van der Waals surface area contributed by atoms with Gasteiger partial charge in [0, 0.05) is 7.97 Å². The normalized spacial score (nSPS) is 10.9. The topological polar surface area (TPSA) is 83.2 Å². The van der Waals surface area contributed by atoms with E-state index in [-0.39, 0.29) is 8.03 Å². The average molecular weight is 239 g/mol. The van der Waals surface area contributed by atoms with Gasteiger partial charge in [-0.15, -0.1) is 0 Å². The summed E-state index contributed by atoms with van der Waals surface area (Å²) in [5.41, 5.74) is 5.25. The van der Waals surface area contributed by atoms with Crippen LogP contribution in [0.3, 0.4) is 0 Å². The number of aliphatic hydroxyl groups is 1. The summed E-state index contributed by atoms with van der Waals surface area (Å²) in [6, 6.07) is 0. The third-order valence-corrected chi connectivity index (χ3v) is 1.61. The first-order chi connectivity index (χ1) is 7.91. The Morgan fingerprint density at radius 1 is 0.688 bits per heavy atom. The molecule has 0 aliphatic rings. The Morgan fingerprint density at radius 2 is 1.06 bits per heavy atom. The number of aliphatic hydroxyl groups excluding tert-OH is 1. The van der Waals surface area contributed by atoms with Crippen molar-refractivity contribution in [1.29, 1.82) is 0 Å². The molecule has 0 spiro atoms. The SMILES string of the molecule is NCCOCCOCCOCCOCCO.[HH]. The predicted octanol–water partition coefficient (Wildman–Crippen LogP) is -0.750. The molecular formula is C10H25NO5. The molecule has 6 nitrogen and oxygen atoms in total. The maximum atomic E-state index is 8.42. The first-order valence-corrected chi connectivity index (χ1v) is 5.53. The van der Waals surface area contributed by atoms with Gasteiger partial charge in [-0.05, 0) is 0 Å². The van der Waals surface area contributed by atoms with Crippen LogP contribution in [0.15, 0.2) is 0 Å². The van der Waals surface area contributed by atoms with E-state index < -0.39 is 0 Å². The Hall–Kier alpha value is -0.240. The van der Waals surface area contributed by atoms with Crippen LogP contribution in [0.1, 0.15) is 1.43 Å². The van der Waals surface area contributed by atoms with E-state index in [9.17, 15) is 0 Å². The molecule has 0 heterocycles. The molecule has 0 aromatic heterocycles. The first-order valence-electron chi connectivity index (χ1n) is 5.53. The summed E-state index contributed by atoms with van der Waals surface area (Å²) in [5.74, 6) is 0. The molecule has 100 valence electrons. The maximum Gasteiger partial charge on any atom is 0.0701 e. The Labute approximate surface area is 98.1 Å². The lowest BCUT2D eigenvalue weighted by atomic mass is 10.7. The number of hydrogen-bond acceptors (Lipinski definition) is 6. The van der Waals surface area contributed by atoms with E-state index in [0.29, 0.717) is 59.4 Å². The van der Waals surface area contributed by atoms with E-state index in [2.05, 4.69) is 0 Å². The molecule has 0 fully saturated rings. The fourth-order valence-electron chi connectivity index (χ4n) is 0.910. The van der Waals surface area contributed by atoms with Gasteiger partial charge in [0.1, 0.15) is 0 Å². The lowest BCUT2D eigenvalue weighted by Crippen LogP contribution is -2.14. The first kappa shape index (κ1) is 15.8. The second kappa shape index (κ2) is 14.8. The molecule has 0 rings (SSSR count). The van der Waals surface area contributed by atoms with E-state index in [0.717, 1.165) is 0 Å². The number of nitrogens with two attached hydrogens (primary N) is 1. The molecule has 0 aromatic carbocycles. The Bertz CT molecular complexity index is 117. The minimum atomic E-state index is 0. The lowest BCUT2D eigenvalue weighted by molar-refractivity contribution is -0.00481. The van der Waals surface area contributed by atoms with Crippen molar-refractivity contribution in [1.82, 2.24) is 0 Å². The van der Waals surface area contributed by atoms with Gasteiger partial charge in [-0.1, -0.05) is 0 Å². The monoisotopic (exact) mass is 239 g/mol. The van der Waals surface area contributed by atoms with Gasteiger partial charge in [0.2, 0.25) is 0 Å². The minimum absolute atomic E-state index is 0. The summed E-state index contributed by atoms with van der Waals surface area (Å²) in [7, 11) is 0. The molecule has 0 saturated heterocycles. The van der Waals surface area contributed by atoms with Crippen molar-refractivity contribution >= 4 is 0 Å². The Morgan fingerprint density at radius 3 is 1.44 bits per heavy atom. The smallest absolute Gasteiger partial charge is 0.0701 e. The molecule has 3 N–H and O–H groups in total. The standard InChI is InChI=1S/C10H23NO5.H2/c11-1-3-13-5-7-15-9-10-16-8-6-14-4-2-12;/h12H,1-11H2;1H. The summed E-state index contributed by atoms with van der Waals surface area (Å²) in [4.78, 5) is 0. The lowest BCUT2D eigenvalue weighted by Gasteiger charge is -2.06. The van der Waals surface area contributed by atoms with Crippen molar-refractivity contribution in [3.63, 3.8) is 0 Å².